The number of nitrogens with one attached hydrogen (secondary N) is 1. The summed E-state index contributed by atoms with van der Waals surface area (Å²) in [6.07, 6.45) is 10.2. The third-order valence-electron chi connectivity index (χ3n) is 5.43. The molecule has 2 unspecified atom stereocenters. The largest absolute Gasteiger partial charge is 0.449 e. The molecular weight excluding hydrogens is 390 g/mol. The molecule has 2 aliphatic carbocycles. The van der Waals surface area contributed by atoms with E-state index in [9.17, 15) is 9.59 Å². The zero-order valence-corrected chi connectivity index (χ0v) is 17.9. The number of ether oxygens (including phenoxy) is 5. The Morgan fingerprint density at radius 1 is 0.833 bits per heavy atom. The van der Waals surface area contributed by atoms with Gasteiger partial charge in [-0.25, -0.2) is 4.79 Å². The van der Waals surface area contributed by atoms with Gasteiger partial charge >= 0.3 is 6.09 Å². The Hall–Kier alpha value is -1.48. The van der Waals surface area contributed by atoms with Crippen molar-refractivity contribution in [2.24, 2.45) is 17.8 Å². The number of hydrogen-bond acceptors (Lipinski definition) is 7. The van der Waals surface area contributed by atoms with Gasteiger partial charge in [-0.3, -0.25) is 0 Å². The van der Waals surface area contributed by atoms with E-state index in [1.807, 2.05) is 0 Å². The van der Waals surface area contributed by atoms with Gasteiger partial charge in [-0.1, -0.05) is 12.2 Å². The van der Waals surface area contributed by atoms with Gasteiger partial charge in [-0.15, -0.1) is 0 Å². The molecule has 172 valence electrons. The van der Waals surface area contributed by atoms with Crippen molar-refractivity contribution in [2.45, 2.75) is 32.1 Å². The fourth-order valence-electron chi connectivity index (χ4n) is 3.78. The first-order chi connectivity index (χ1) is 14.8. The molecule has 0 aromatic rings. The monoisotopic (exact) mass is 427 g/mol. The van der Waals surface area contributed by atoms with Crippen molar-refractivity contribution in [3.8, 4) is 0 Å². The number of carbonyl (C=O) groups excluding carboxylic acids is 2. The van der Waals surface area contributed by atoms with Gasteiger partial charge in [0, 0.05) is 13.0 Å². The molecule has 8 heteroatoms. The van der Waals surface area contributed by atoms with Gasteiger partial charge in [-0.2, -0.15) is 0 Å². The highest BCUT2D eigenvalue weighted by molar-refractivity contribution is 5.67. The molecule has 1 amide bonds. The molecule has 2 rings (SSSR count). The molecule has 0 saturated heterocycles. The predicted molar refractivity (Wildman–Crippen MR) is 111 cm³/mol. The lowest BCUT2D eigenvalue weighted by atomic mass is 10.1. The molecule has 8 nitrogen and oxygen atoms in total. The SMILES string of the molecule is O=CCCOCCOCCOCCOCCNC(=O)OCC1C2CC/C=C\CCC21. The highest BCUT2D eigenvalue weighted by atomic mass is 16.6. The lowest BCUT2D eigenvalue weighted by Crippen LogP contribution is -2.29. The van der Waals surface area contributed by atoms with Crippen LogP contribution in [0.15, 0.2) is 12.2 Å². The maximum absolute atomic E-state index is 11.8. The standard InChI is InChI=1S/C22H37NO7/c24-9-5-10-26-12-14-28-16-17-29-15-13-27-11-8-23-22(25)30-18-21-19-6-3-1-2-4-7-20(19)21/h1-2,9,19-21H,3-8,10-18H2,(H,23,25)/b2-1-. The van der Waals surface area contributed by atoms with E-state index < -0.39 is 0 Å². The van der Waals surface area contributed by atoms with Crippen molar-refractivity contribution < 1.29 is 33.3 Å². The van der Waals surface area contributed by atoms with Crippen LogP contribution in [0.25, 0.3) is 0 Å². The molecule has 0 heterocycles. The molecule has 0 radical (unpaired) electrons. The summed E-state index contributed by atoms with van der Waals surface area (Å²) in [5.74, 6) is 2.01. The second-order valence-corrected chi connectivity index (χ2v) is 7.55. The summed E-state index contributed by atoms with van der Waals surface area (Å²) in [6, 6.07) is 0. The number of carbonyl (C=O) groups is 2. The molecule has 2 atom stereocenters. The number of aldehydes is 1. The second-order valence-electron chi connectivity index (χ2n) is 7.55. The van der Waals surface area contributed by atoms with Crippen LogP contribution in [0.3, 0.4) is 0 Å². The van der Waals surface area contributed by atoms with Gasteiger partial charge < -0.3 is 33.8 Å². The lowest BCUT2D eigenvalue weighted by Gasteiger charge is -2.08. The highest BCUT2D eigenvalue weighted by Crippen LogP contribution is 2.52. The van der Waals surface area contributed by atoms with Gasteiger partial charge in [0.05, 0.1) is 59.5 Å². The molecule has 2 aliphatic rings. The Balaban J connectivity index is 1.29. The van der Waals surface area contributed by atoms with Crippen LogP contribution in [0.5, 0.6) is 0 Å². The summed E-state index contributed by atoms with van der Waals surface area (Å²) in [5, 5.41) is 2.72. The highest BCUT2D eigenvalue weighted by Gasteiger charge is 2.49. The predicted octanol–water partition coefficient (Wildman–Crippen LogP) is 2.36. The Kier molecular flexibility index (Phi) is 13.4. The number of amides is 1. The van der Waals surface area contributed by atoms with Crippen LogP contribution in [0.1, 0.15) is 32.1 Å². The van der Waals surface area contributed by atoms with Crippen LogP contribution in [-0.2, 0) is 28.5 Å². The quantitative estimate of drug-likeness (QED) is 0.216. The number of hydrogen-bond donors (Lipinski definition) is 1. The molecule has 0 spiro atoms. The first-order valence-corrected chi connectivity index (χ1v) is 11.1. The van der Waals surface area contributed by atoms with Crippen LogP contribution in [0.2, 0.25) is 0 Å². The molecule has 0 aliphatic heterocycles. The maximum Gasteiger partial charge on any atom is 0.407 e. The Labute approximate surface area is 179 Å². The Morgan fingerprint density at radius 2 is 1.37 bits per heavy atom. The first-order valence-electron chi connectivity index (χ1n) is 11.1. The minimum atomic E-state index is -0.362. The fraction of sp³-hybridized carbons (Fsp3) is 0.818. The molecule has 1 N–H and O–H groups in total. The zero-order chi connectivity index (χ0) is 21.3. The van der Waals surface area contributed by atoms with Crippen molar-refractivity contribution >= 4 is 12.4 Å². The third-order valence-corrected chi connectivity index (χ3v) is 5.43. The van der Waals surface area contributed by atoms with Gasteiger partial charge in [0.1, 0.15) is 6.29 Å². The van der Waals surface area contributed by atoms with Crippen molar-refractivity contribution in [1.29, 1.82) is 0 Å². The van der Waals surface area contributed by atoms with Crippen molar-refractivity contribution in [3.05, 3.63) is 12.2 Å². The summed E-state index contributed by atoms with van der Waals surface area (Å²) in [5.41, 5.74) is 0. The molecule has 0 aromatic carbocycles. The minimum Gasteiger partial charge on any atom is -0.449 e. The summed E-state index contributed by atoms with van der Waals surface area (Å²) in [7, 11) is 0. The average Bonchev–Trinajstić information content (AvgIpc) is 3.38. The molecule has 1 fully saturated rings. The van der Waals surface area contributed by atoms with Crippen molar-refractivity contribution in [2.75, 3.05) is 66.0 Å². The lowest BCUT2D eigenvalue weighted by molar-refractivity contribution is -0.108. The van der Waals surface area contributed by atoms with Crippen LogP contribution >= 0.6 is 0 Å². The van der Waals surface area contributed by atoms with Gasteiger partial charge in [0.2, 0.25) is 0 Å². The summed E-state index contributed by atoms with van der Waals surface area (Å²) >= 11 is 0. The summed E-state index contributed by atoms with van der Waals surface area (Å²) in [6.45, 7) is 4.70. The molecule has 30 heavy (non-hydrogen) atoms. The number of alkyl carbamates (subject to hydrolysis) is 1. The van der Waals surface area contributed by atoms with Gasteiger partial charge in [0.15, 0.2) is 0 Å². The van der Waals surface area contributed by atoms with E-state index in [1.54, 1.807) is 0 Å². The van der Waals surface area contributed by atoms with E-state index in [0.29, 0.717) is 78.3 Å². The number of rotatable bonds is 17. The van der Waals surface area contributed by atoms with Gasteiger partial charge in [-0.05, 0) is 43.4 Å². The van der Waals surface area contributed by atoms with E-state index >= 15 is 0 Å². The van der Waals surface area contributed by atoms with E-state index in [-0.39, 0.29) is 6.09 Å². The van der Waals surface area contributed by atoms with E-state index in [1.165, 1.54) is 12.8 Å². The minimum absolute atomic E-state index is 0.362. The van der Waals surface area contributed by atoms with Crippen molar-refractivity contribution in [3.63, 3.8) is 0 Å². The zero-order valence-electron chi connectivity index (χ0n) is 17.9. The third kappa shape index (κ3) is 11.1. The summed E-state index contributed by atoms with van der Waals surface area (Å²) < 4.78 is 26.7. The van der Waals surface area contributed by atoms with E-state index in [2.05, 4.69) is 17.5 Å². The average molecular weight is 428 g/mol. The molecule has 0 bridgehead atoms. The van der Waals surface area contributed by atoms with Crippen LogP contribution in [0.4, 0.5) is 4.79 Å². The Bertz CT molecular complexity index is 484. The Morgan fingerprint density at radius 3 is 1.93 bits per heavy atom. The van der Waals surface area contributed by atoms with Crippen LogP contribution < -0.4 is 5.32 Å². The van der Waals surface area contributed by atoms with Crippen LogP contribution in [0, 0.1) is 17.8 Å². The fourth-order valence-corrected chi connectivity index (χ4v) is 3.78. The maximum atomic E-state index is 11.8. The number of fused-ring (bicyclic) bond motifs is 1. The number of allylic oxidation sites excluding steroid dienone is 2. The first kappa shape index (κ1) is 24.8. The van der Waals surface area contributed by atoms with E-state index in [0.717, 1.165) is 31.0 Å². The second kappa shape index (κ2) is 16.2. The van der Waals surface area contributed by atoms with E-state index in [4.69, 9.17) is 23.7 Å². The summed E-state index contributed by atoms with van der Waals surface area (Å²) in [4.78, 5) is 21.9. The normalized spacial score (nSPS) is 23.7. The molecule has 0 aromatic heterocycles. The molecule has 1 saturated carbocycles. The topological polar surface area (TPSA) is 92.3 Å². The van der Waals surface area contributed by atoms with Crippen LogP contribution in [-0.4, -0.2) is 78.4 Å². The molecular formula is C22H37NO7. The van der Waals surface area contributed by atoms with Crippen molar-refractivity contribution in [1.82, 2.24) is 5.32 Å². The smallest absolute Gasteiger partial charge is 0.407 e. The van der Waals surface area contributed by atoms with Gasteiger partial charge in [0.25, 0.3) is 0 Å².